The van der Waals surface area contributed by atoms with Gasteiger partial charge in [0.1, 0.15) is 18.3 Å². The molecule has 1 aliphatic rings. The van der Waals surface area contributed by atoms with Crippen molar-refractivity contribution < 1.29 is 22.4 Å². The van der Waals surface area contributed by atoms with Crippen LogP contribution in [0.4, 0.5) is 0 Å². The van der Waals surface area contributed by atoms with Crippen LogP contribution in [0.1, 0.15) is 89.5 Å². The van der Waals surface area contributed by atoms with Gasteiger partial charge in [-0.2, -0.15) is 0 Å². The van der Waals surface area contributed by atoms with Gasteiger partial charge in [-0.3, -0.25) is 0 Å². The van der Waals surface area contributed by atoms with Crippen LogP contribution in [0.5, 0.6) is 0 Å². The van der Waals surface area contributed by atoms with E-state index < -0.39 is 33.3 Å². The van der Waals surface area contributed by atoms with Crippen molar-refractivity contribution in [3.8, 4) is 0 Å². The quantitative estimate of drug-likeness (QED) is 0.163. The Balaban J connectivity index is 3.90. The standard InChI is InChI=1S/C33H72O5Si4/c1-22-23-25-27(36-40(16,17)31(5,6)7)29(38-42(20,21)33(11,12)13)28(37-41(18,19)32(8,9)10)26(35-25)24-34-39(14,15)30(2,3)4/h22,25-29H,1,23-24H2,2-21H3/t25-,26?,27?,28-,29-/m0/s1. The van der Waals surface area contributed by atoms with Crippen molar-refractivity contribution in [2.24, 2.45) is 0 Å². The summed E-state index contributed by atoms with van der Waals surface area (Å²) >= 11 is 0. The average molecular weight is 661 g/mol. The third kappa shape index (κ3) is 9.71. The molecule has 1 saturated heterocycles. The fourth-order valence-electron chi connectivity index (χ4n) is 3.96. The summed E-state index contributed by atoms with van der Waals surface area (Å²) in [6.07, 6.45) is 1.42. The van der Waals surface area contributed by atoms with Crippen molar-refractivity contribution in [3.63, 3.8) is 0 Å². The largest absolute Gasteiger partial charge is 0.414 e. The van der Waals surface area contributed by atoms with E-state index in [9.17, 15) is 0 Å². The highest BCUT2D eigenvalue weighted by atomic mass is 28.4. The zero-order valence-corrected chi connectivity index (χ0v) is 35.6. The van der Waals surface area contributed by atoms with Gasteiger partial charge in [-0.15, -0.1) is 6.58 Å². The molecular weight excluding hydrogens is 589 g/mol. The van der Waals surface area contributed by atoms with E-state index >= 15 is 0 Å². The summed E-state index contributed by atoms with van der Waals surface area (Å²) in [5.74, 6) is 0. The summed E-state index contributed by atoms with van der Waals surface area (Å²) in [6.45, 7) is 50.9. The average Bonchev–Trinajstić information content (AvgIpc) is 2.73. The van der Waals surface area contributed by atoms with E-state index in [0.717, 1.165) is 0 Å². The Bertz CT molecular complexity index is 888. The molecule has 0 N–H and O–H groups in total. The zero-order valence-electron chi connectivity index (χ0n) is 31.6. The van der Waals surface area contributed by atoms with Crippen molar-refractivity contribution in [2.75, 3.05) is 6.61 Å². The van der Waals surface area contributed by atoms with Crippen molar-refractivity contribution in [2.45, 2.75) is 193 Å². The Hall–Kier alpha value is 0.408. The van der Waals surface area contributed by atoms with Crippen molar-refractivity contribution in [3.05, 3.63) is 12.7 Å². The fraction of sp³-hybridized carbons (Fsp3) is 0.939. The Morgan fingerprint density at radius 1 is 0.524 bits per heavy atom. The van der Waals surface area contributed by atoms with E-state index in [1.54, 1.807) is 0 Å². The summed E-state index contributed by atoms with van der Waals surface area (Å²) in [4.78, 5) is 0. The third-order valence-corrected chi connectivity index (χ3v) is 29.2. The number of hydrogen-bond acceptors (Lipinski definition) is 5. The molecule has 0 aromatic heterocycles. The Morgan fingerprint density at radius 2 is 0.833 bits per heavy atom. The second kappa shape index (κ2) is 13.3. The topological polar surface area (TPSA) is 46.2 Å². The molecule has 1 aliphatic heterocycles. The minimum Gasteiger partial charge on any atom is -0.414 e. The maximum atomic E-state index is 7.47. The Kier molecular flexibility index (Phi) is 12.8. The van der Waals surface area contributed by atoms with Gasteiger partial charge in [-0.1, -0.05) is 89.2 Å². The van der Waals surface area contributed by atoms with Crippen molar-refractivity contribution in [1.29, 1.82) is 0 Å². The highest BCUT2D eigenvalue weighted by Gasteiger charge is 2.56. The third-order valence-electron chi connectivity index (χ3n) is 11.3. The molecule has 0 radical (unpaired) electrons. The predicted octanol–water partition coefficient (Wildman–Crippen LogP) is 10.5. The van der Waals surface area contributed by atoms with E-state index in [4.69, 9.17) is 22.4 Å². The molecule has 0 aromatic carbocycles. The summed E-state index contributed by atoms with van der Waals surface area (Å²) in [6, 6.07) is 0. The maximum absolute atomic E-state index is 7.47. The van der Waals surface area contributed by atoms with Crippen LogP contribution < -0.4 is 0 Å². The van der Waals surface area contributed by atoms with Gasteiger partial charge in [0, 0.05) is 0 Å². The minimum atomic E-state index is -2.23. The van der Waals surface area contributed by atoms with E-state index in [-0.39, 0.29) is 50.7 Å². The van der Waals surface area contributed by atoms with E-state index in [1.807, 2.05) is 6.08 Å². The van der Waals surface area contributed by atoms with Crippen LogP contribution in [0.25, 0.3) is 0 Å². The molecule has 0 aliphatic carbocycles. The summed E-state index contributed by atoms with van der Waals surface area (Å²) in [5, 5.41) is 0.219. The van der Waals surface area contributed by atoms with Gasteiger partial charge in [0.25, 0.3) is 0 Å². The first kappa shape index (κ1) is 40.4. The Labute approximate surface area is 266 Å². The van der Waals surface area contributed by atoms with Gasteiger partial charge in [0.15, 0.2) is 33.3 Å². The van der Waals surface area contributed by atoms with E-state index in [2.05, 4.69) is 142 Å². The Morgan fingerprint density at radius 3 is 1.14 bits per heavy atom. The van der Waals surface area contributed by atoms with E-state index in [1.165, 1.54) is 0 Å². The molecule has 1 rings (SSSR count). The number of rotatable bonds is 11. The SMILES string of the molecule is C=CC[C@@H]1OC(CO[Si](C)(C)C(C)(C)C)[C@H](O[Si](C)(C)C(C)(C)C)[C@@H](O[Si](C)(C)C(C)(C)C)C1O[Si](C)(C)C(C)(C)C. The summed E-state index contributed by atoms with van der Waals surface area (Å²) in [7, 11) is -8.69. The van der Waals surface area contributed by atoms with Gasteiger partial charge in [0.2, 0.25) is 0 Å². The van der Waals surface area contributed by atoms with Gasteiger partial charge in [-0.05, 0) is 78.9 Å². The lowest BCUT2D eigenvalue weighted by molar-refractivity contribution is -0.214. The normalized spacial score (nSPS) is 26.0. The lowest BCUT2D eigenvalue weighted by Gasteiger charge is -2.55. The smallest absolute Gasteiger partial charge is 0.192 e. The monoisotopic (exact) mass is 660 g/mol. The lowest BCUT2D eigenvalue weighted by Crippen LogP contribution is -2.68. The van der Waals surface area contributed by atoms with Crippen LogP contribution >= 0.6 is 0 Å². The van der Waals surface area contributed by atoms with Gasteiger partial charge in [-0.25, -0.2) is 0 Å². The number of hydrogen-bond donors (Lipinski definition) is 0. The molecule has 250 valence electrons. The molecule has 5 nitrogen and oxygen atoms in total. The predicted molar refractivity (Wildman–Crippen MR) is 193 cm³/mol. The van der Waals surface area contributed by atoms with Crippen LogP contribution in [-0.2, 0) is 22.4 Å². The first-order chi connectivity index (χ1) is 18.3. The zero-order chi connectivity index (χ0) is 33.5. The molecule has 2 unspecified atom stereocenters. The second-order valence-corrected chi connectivity index (χ2v) is 37.9. The molecule has 5 atom stereocenters. The molecule has 1 fully saturated rings. The molecule has 0 amide bonds. The first-order valence-electron chi connectivity index (χ1n) is 16.3. The second-order valence-electron chi connectivity index (χ2n) is 18.8. The summed E-state index contributed by atoms with van der Waals surface area (Å²) < 4.78 is 36.1. The van der Waals surface area contributed by atoms with Gasteiger partial charge in [0.05, 0.1) is 18.8 Å². The molecule has 0 bridgehead atoms. The van der Waals surface area contributed by atoms with Gasteiger partial charge < -0.3 is 22.4 Å². The minimum absolute atomic E-state index is 0.0348. The van der Waals surface area contributed by atoms with Gasteiger partial charge >= 0.3 is 0 Å². The molecule has 1 heterocycles. The molecule has 0 aromatic rings. The van der Waals surface area contributed by atoms with Crippen LogP contribution in [0.3, 0.4) is 0 Å². The summed E-state index contributed by atoms with van der Waals surface area (Å²) in [5.41, 5.74) is 0. The highest BCUT2D eigenvalue weighted by molar-refractivity contribution is 6.75. The van der Waals surface area contributed by atoms with Crippen molar-refractivity contribution in [1.82, 2.24) is 0 Å². The van der Waals surface area contributed by atoms with E-state index in [0.29, 0.717) is 13.0 Å². The highest BCUT2D eigenvalue weighted by Crippen LogP contribution is 2.46. The molecular formula is C33H72O5Si4. The molecule has 42 heavy (non-hydrogen) atoms. The van der Waals surface area contributed by atoms with Crippen LogP contribution in [-0.4, -0.2) is 70.4 Å². The van der Waals surface area contributed by atoms with Crippen LogP contribution in [0, 0.1) is 0 Å². The van der Waals surface area contributed by atoms with Crippen LogP contribution in [0.15, 0.2) is 12.7 Å². The molecule has 0 spiro atoms. The van der Waals surface area contributed by atoms with Crippen LogP contribution in [0.2, 0.25) is 72.5 Å². The molecule has 9 heteroatoms. The number of ether oxygens (including phenoxy) is 1. The fourth-order valence-corrected chi connectivity index (χ4v) is 8.91. The van der Waals surface area contributed by atoms with Crippen molar-refractivity contribution >= 4 is 33.3 Å². The molecule has 0 saturated carbocycles. The maximum Gasteiger partial charge on any atom is 0.192 e. The first-order valence-corrected chi connectivity index (χ1v) is 27.9. The lowest BCUT2D eigenvalue weighted by atomic mass is 9.93.